The van der Waals surface area contributed by atoms with Crippen LogP contribution in [0.5, 0.6) is 5.75 Å². The Balaban J connectivity index is 0.00000133. The summed E-state index contributed by atoms with van der Waals surface area (Å²) in [5.74, 6) is 0.968. The van der Waals surface area contributed by atoms with Gasteiger partial charge in [-0.3, -0.25) is 4.98 Å². The van der Waals surface area contributed by atoms with E-state index in [2.05, 4.69) is 35.4 Å². The van der Waals surface area contributed by atoms with Gasteiger partial charge in [-0.05, 0) is 50.6 Å². The summed E-state index contributed by atoms with van der Waals surface area (Å²) in [7, 11) is 0. The van der Waals surface area contributed by atoms with Crippen LogP contribution in [0.2, 0.25) is 0 Å². The maximum Gasteiger partial charge on any atom is 0.130 e. The summed E-state index contributed by atoms with van der Waals surface area (Å²) < 4.78 is 6.14. The number of ether oxygens (including phenoxy) is 1. The number of hydrogen-bond acceptors (Lipinski definition) is 3. The van der Waals surface area contributed by atoms with E-state index in [1.807, 2.05) is 12.3 Å². The Morgan fingerprint density at radius 1 is 1.21 bits per heavy atom. The van der Waals surface area contributed by atoms with E-state index >= 15 is 0 Å². The first kappa shape index (κ1) is 14.1. The fraction of sp³-hybridized carbons (Fsp3) is 0.400. The SMILES string of the molecule is Cc1cccc2c(OC3CCNCC3)ccnc12.Cl. The summed E-state index contributed by atoms with van der Waals surface area (Å²) in [6, 6.07) is 8.22. The number of fused-ring (bicyclic) bond motifs is 1. The number of aromatic nitrogens is 1. The van der Waals surface area contributed by atoms with Gasteiger partial charge >= 0.3 is 0 Å². The summed E-state index contributed by atoms with van der Waals surface area (Å²) >= 11 is 0. The molecular formula is C15H19ClN2O. The molecule has 4 heteroatoms. The van der Waals surface area contributed by atoms with E-state index in [0.717, 1.165) is 42.6 Å². The monoisotopic (exact) mass is 278 g/mol. The average molecular weight is 279 g/mol. The number of para-hydroxylation sites is 1. The maximum absolute atomic E-state index is 6.14. The van der Waals surface area contributed by atoms with Gasteiger partial charge in [0.1, 0.15) is 11.9 Å². The molecule has 1 aromatic carbocycles. The van der Waals surface area contributed by atoms with E-state index < -0.39 is 0 Å². The second-order valence-electron chi connectivity index (χ2n) is 4.85. The molecule has 0 saturated carbocycles. The molecule has 2 aromatic rings. The highest BCUT2D eigenvalue weighted by molar-refractivity contribution is 5.87. The first-order chi connectivity index (χ1) is 8.84. The number of pyridine rings is 1. The first-order valence-corrected chi connectivity index (χ1v) is 6.56. The fourth-order valence-electron chi connectivity index (χ4n) is 2.49. The third kappa shape index (κ3) is 2.99. The number of nitrogens with zero attached hydrogens (tertiary/aromatic N) is 1. The van der Waals surface area contributed by atoms with Crippen LogP contribution in [0.15, 0.2) is 30.5 Å². The molecule has 1 aromatic heterocycles. The molecule has 102 valence electrons. The van der Waals surface area contributed by atoms with E-state index in [1.165, 1.54) is 5.56 Å². The third-order valence-corrected chi connectivity index (χ3v) is 3.51. The van der Waals surface area contributed by atoms with Crippen molar-refractivity contribution in [1.82, 2.24) is 10.3 Å². The molecule has 0 aliphatic carbocycles. The lowest BCUT2D eigenvalue weighted by atomic mass is 10.1. The van der Waals surface area contributed by atoms with E-state index in [0.29, 0.717) is 6.10 Å². The largest absolute Gasteiger partial charge is 0.490 e. The van der Waals surface area contributed by atoms with Crippen molar-refractivity contribution >= 4 is 23.3 Å². The second-order valence-corrected chi connectivity index (χ2v) is 4.85. The Kier molecular flexibility index (Phi) is 4.61. The van der Waals surface area contributed by atoms with E-state index in [1.54, 1.807) is 0 Å². The van der Waals surface area contributed by atoms with Crippen molar-refractivity contribution in [3.63, 3.8) is 0 Å². The van der Waals surface area contributed by atoms with E-state index in [-0.39, 0.29) is 12.4 Å². The molecule has 0 unspecified atom stereocenters. The standard InChI is InChI=1S/C15H18N2O.ClH/c1-11-3-2-4-13-14(7-10-17-15(11)13)18-12-5-8-16-9-6-12;/h2-4,7,10,12,16H,5-6,8-9H2,1H3;1H. The van der Waals surface area contributed by atoms with Crippen molar-refractivity contribution in [3.8, 4) is 5.75 Å². The molecule has 0 atom stereocenters. The summed E-state index contributed by atoms with van der Waals surface area (Å²) in [6.07, 6.45) is 4.33. The number of rotatable bonds is 2. The van der Waals surface area contributed by atoms with Gasteiger partial charge in [0.25, 0.3) is 0 Å². The average Bonchev–Trinajstić information content (AvgIpc) is 2.41. The van der Waals surface area contributed by atoms with Gasteiger partial charge in [0.2, 0.25) is 0 Å². The smallest absolute Gasteiger partial charge is 0.130 e. The van der Waals surface area contributed by atoms with Gasteiger partial charge in [0, 0.05) is 11.6 Å². The molecule has 0 amide bonds. The molecule has 3 nitrogen and oxygen atoms in total. The minimum atomic E-state index is 0. The zero-order valence-electron chi connectivity index (χ0n) is 11.1. The Morgan fingerprint density at radius 2 is 2.00 bits per heavy atom. The molecule has 2 heterocycles. The van der Waals surface area contributed by atoms with Gasteiger partial charge in [-0.1, -0.05) is 12.1 Å². The lowest BCUT2D eigenvalue weighted by molar-refractivity contribution is 0.164. The maximum atomic E-state index is 6.14. The van der Waals surface area contributed by atoms with Gasteiger partial charge in [0.15, 0.2) is 0 Å². The normalized spacial score (nSPS) is 16.1. The van der Waals surface area contributed by atoms with Crippen molar-refractivity contribution in [3.05, 3.63) is 36.0 Å². The second kappa shape index (κ2) is 6.22. The Labute approximate surface area is 119 Å². The molecule has 1 saturated heterocycles. The molecular weight excluding hydrogens is 260 g/mol. The Morgan fingerprint density at radius 3 is 2.79 bits per heavy atom. The van der Waals surface area contributed by atoms with Crippen LogP contribution in [0.3, 0.4) is 0 Å². The van der Waals surface area contributed by atoms with E-state index in [9.17, 15) is 0 Å². The predicted octanol–water partition coefficient (Wildman–Crippen LogP) is 3.10. The highest BCUT2D eigenvalue weighted by Crippen LogP contribution is 2.27. The van der Waals surface area contributed by atoms with E-state index in [4.69, 9.17) is 4.74 Å². The van der Waals surface area contributed by atoms with Crippen LogP contribution in [-0.4, -0.2) is 24.2 Å². The molecule has 0 bridgehead atoms. The van der Waals surface area contributed by atoms with Crippen LogP contribution in [-0.2, 0) is 0 Å². The number of aryl methyl sites for hydroxylation is 1. The quantitative estimate of drug-likeness (QED) is 0.917. The molecule has 1 aliphatic heterocycles. The molecule has 3 rings (SSSR count). The molecule has 19 heavy (non-hydrogen) atoms. The van der Waals surface area contributed by atoms with Crippen LogP contribution < -0.4 is 10.1 Å². The predicted molar refractivity (Wildman–Crippen MR) is 80.2 cm³/mol. The summed E-state index contributed by atoms with van der Waals surface area (Å²) in [4.78, 5) is 4.44. The lowest BCUT2D eigenvalue weighted by Gasteiger charge is -2.24. The lowest BCUT2D eigenvalue weighted by Crippen LogP contribution is -2.34. The molecule has 0 radical (unpaired) electrons. The number of nitrogens with one attached hydrogen (secondary N) is 1. The minimum Gasteiger partial charge on any atom is -0.490 e. The Hall–Kier alpha value is -1.32. The van der Waals surface area contributed by atoms with Crippen LogP contribution in [0, 0.1) is 6.92 Å². The first-order valence-electron chi connectivity index (χ1n) is 6.56. The van der Waals surface area contributed by atoms with Crippen molar-refractivity contribution in [2.75, 3.05) is 13.1 Å². The minimum absolute atomic E-state index is 0. The zero-order valence-corrected chi connectivity index (χ0v) is 11.9. The van der Waals surface area contributed by atoms with Gasteiger partial charge in [-0.25, -0.2) is 0 Å². The number of hydrogen-bond donors (Lipinski definition) is 1. The zero-order chi connectivity index (χ0) is 12.4. The summed E-state index contributed by atoms with van der Waals surface area (Å²) in [5, 5.41) is 4.48. The molecule has 1 aliphatic rings. The molecule has 0 spiro atoms. The van der Waals surface area contributed by atoms with Gasteiger partial charge in [-0.2, -0.15) is 0 Å². The van der Waals surface area contributed by atoms with Crippen LogP contribution in [0.4, 0.5) is 0 Å². The van der Waals surface area contributed by atoms with Gasteiger partial charge < -0.3 is 10.1 Å². The molecule has 1 N–H and O–H groups in total. The van der Waals surface area contributed by atoms with Crippen LogP contribution in [0.1, 0.15) is 18.4 Å². The van der Waals surface area contributed by atoms with Gasteiger partial charge in [-0.15, -0.1) is 12.4 Å². The van der Waals surface area contributed by atoms with Crippen LogP contribution in [0.25, 0.3) is 10.9 Å². The van der Waals surface area contributed by atoms with Crippen molar-refractivity contribution in [2.24, 2.45) is 0 Å². The van der Waals surface area contributed by atoms with Crippen molar-refractivity contribution in [2.45, 2.75) is 25.9 Å². The summed E-state index contributed by atoms with van der Waals surface area (Å²) in [6.45, 7) is 4.18. The van der Waals surface area contributed by atoms with Crippen LogP contribution >= 0.6 is 12.4 Å². The Bertz CT molecular complexity index is 553. The van der Waals surface area contributed by atoms with Gasteiger partial charge in [0.05, 0.1) is 5.52 Å². The number of benzene rings is 1. The topological polar surface area (TPSA) is 34.1 Å². The van der Waals surface area contributed by atoms with Crippen molar-refractivity contribution in [1.29, 1.82) is 0 Å². The summed E-state index contributed by atoms with van der Waals surface area (Å²) in [5.41, 5.74) is 2.24. The molecule has 1 fully saturated rings. The third-order valence-electron chi connectivity index (χ3n) is 3.51. The number of halogens is 1. The highest BCUT2D eigenvalue weighted by Gasteiger charge is 2.15. The fourth-order valence-corrected chi connectivity index (χ4v) is 2.49. The highest BCUT2D eigenvalue weighted by atomic mass is 35.5. The number of piperidine rings is 1. The van der Waals surface area contributed by atoms with Crippen molar-refractivity contribution < 1.29 is 4.74 Å².